The summed E-state index contributed by atoms with van der Waals surface area (Å²) in [5, 5.41) is 1.99. The minimum Gasteiger partial charge on any atom is -0.336 e. The second-order valence-corrected chi connectivity index (χ2v) is 7.83. The van der Waals surface area contributed by atoms with Crippen molar-refractivity contribution in [3.8, 4) is 0 Å². The molecule has 96 valence electrons. The Morgan fingerprint density at radius 1 is 1.44 bits per heavy atom. The average molecular weight is 385 g/mol. The summed E-state index contributed by atoms with van der Waals surface area (Å²) in [6, 6.07) is 3.61. The van der Waals surface area contributed by atoms with Crippen molar-refractivity contribution in [1.29, 1.82) is 0 Å². The van der Waals surface area contributed by atoms with E-state index in [0.29, 0.717) is 20.8 Å². The van der Waals surface area contributed by atoms with Crippen molar-refractivity contribution in [3.63, 3.8) is 0 Å². The molecular weight excluding hydrogens is 377 g/mol. The van der Waals surface area contributed by atoms with Crippen LogP contribution in [0.5, 0.6) is 0 Å². The number of thiophene rings is 2. The van der Waals surface area contributed by atoms with Gasteiger partial charge in [-0.3, -0.25) is 4.79 Å². The van der Waals surface area contributed by atoms with Gasteiger partial charge in [0.1, 0.15) is 4.34 Å². The second kappa shape index (κ2) is 5.92. The van der Waals surface area contributed by atoms with E-state index >= 15 is 0 Å². The first-order valence-electron chi connectivity index (χ1n) is 4.90. The highest BCUT2D eigenvalue weighted by Crippen LogP contribution is 2.32. The number of nitrogens with zero attached hydrogens (tertiary/aromatic N) is 1. The molecule has 0 aromatic carbocycles. The van der Waals surface area contributed by atoms with Crippen molar-refractivity contribution in [2.24, 2.45) is 0 Å². The zero-order valence-electron chi connectivity index (χ0n) is 9.25. The van der Waals surface area contributed by atoms with Crippen LogP contribution in [-0.2, 0) is 6.54 Å². The van der Waals surface area contributed by atoms with Gasteiger partial charge >= 0.3 is 0 Å². The SMILES string of the molecule is CN(Cc1cc(Br)cs1)C(=O)c1cc(Cl)sc1Cl. The molecule has 0 aliphatic carbocycles. The number of rotatable bonds is 3. The molecule has 0 aliphatic heterocycles. The number of carbonyl (C=O) groups excluding carboxylic acids is 1. The molecule has 2 aromatic heterocycles. The van der Waals surface area contributed by atoms with Gasteiger partial charge in [0, 0.05) is 21.8 Å². The maximum atomic E-state index is 12.2. The number of hydrogen-bond acceptors (Lipinski definition) is 3. The predicted molar refractivity (Wildman–Crippen MR) is 82.2 cm³/mol. The van der Waals surface area contributed by atoms with Crippen molar-refractivity contribution in [3.05, 3.63) is 41.1 Å². The Bertz CT molecular complexity index is 581. The van der Waals surface area contributed by atoms with Crippen molar-refractivity contribution in [2.75, 3.05) is 7.05 Å². The van der Waals surface area contributed by atoms with Crippen LogP contribution in [0.4, 0.5) is 0 Å². The monoisotopic (exact) mass is 383 g/mol. The minimum atomic E-state index is -0.118. The van der Waals surface area contributed by atoms with Crippen molar-refractivity contribution >= 4 is 67.7 Å². The lowest BCUT2D eigenvalue weighted by molar-refractivity contribution is 0.0787. The van der Waals surface area contributed by atoms with Gasteiger partial charge in [0.25, 0.3) is 5.91 Å². The molecule has 1 amide bonds. The zero-order valence-corrected chi connectivity index (χ0v) is 14.0. The van der Waals surface area contributed by atoms with Crippen LogP contribution in [0, 0.1) is 0 Å². The molecule has 0 radical (unpaired) electrons. The third-order valence-electron chi connectivity index (χ3n) is 2.25. The number of hydrogen-bond donors (Lipinski definition) is 0. The molecule has 0 unspecified atom stereocenters. The van der Waals surface area contributed by atoms with Gasteiger partial charge in [-0.2, -0.15) is 0 Å². The first kappa shape index (κ1) is 14.3. The molecule has 0 fully saturated rings. The van der Waals surface area contributed by atoms with Crippen LogP contribution in [0.15, 0.2) is 22.0 Å². The molecule has 2 rings (SSSR count). The predicted octanol–water partition coefficient (Wildman–Crippen LogP) is 5.15. The topological polar surface area (TPSA) is 20.3 Å². The summed E-state index contributed by atoms with van der Waals surface area (Å²) in [7, 11) is 1.75. The third kappa shape index (κ3) is 3.27. The Hall–Kier alpha value is -0.0700. The fourth-order valence-corrected chi connectivity index (χ4v) is 4.39. The lowest BCUT2D eigenvalue weighted by Crippen LogP contribution is -2.25. The summed E-state index contributed by atoms with van der Waals surface area (Å²) in [5.41, 5.74) is 0.463. The van der Waals surface area contributed by atoms with Crippen molar-refractivity contribution < 1.29 is 4.79 Å². The van der Waals surface area contributed by atoms with Crippen LogP contribution in [0.3, 0.4) is 0 Å². The highest BCUT2D eigenvalue weighted by atomic mass is 79.9. The molecule has 2 nitrogen and oxygen atoms in total. The van der Waals surface area contributed by atoms with Gasteiger partial charge in [-0.05, 0) is 28.1 Å². The molecule has 0 aliphatic rings. The number of amides is 1. The van der Waals surface area contributed by atoms with E-state index in [9.17, 15) is 4.79 Å². The molecule has 0 atom stereocenters. The second-order valence-electron chi connectivity index (χ2n) is 3.63. The molecule has 0 saturated carbocycles. The lowest BCUT2D eigenvalue weighted by Gasteiger charge is -2.15. The van der Waals surface area contributed by atoms with E-state index in [1.165, 1.54) is 11.3 Å². The molecule has 0 spiro atoms. The van der Waals surface area contributed by atoms with Crippen LogP contribution < -0.4 is 0 Å². The fraction of sp³-hybridized carbons (Fsp3) is 0.182. The normalized spacial score (nSPS) is 10.7. The molecule has 18 heavy (non-hydrogen) atoms. The Morgan fingerprint density at radius 3 is 2.67 bits per heavy atom. The summed E-state index contributed by atoms with van der Waals surface area (Å²) in [4.78, 5) is 14.9. The van der Waals surface area contributed by atoms with E-state index in [-0.39, 0.29) is 5.91 Å². The van der Waals surface area contributed by atoms with Crippen LogP contribution in [0.25, 0.3) is 0 Å². The fourth-order valence-electron chi connectivity index (χ4n) is 1.43. The maximum Gasteiger partial charge on any atom is 0.256 e. The van der Waals surface area contributed by atoms with Gasteiger partial charge in [-0.1, -0.05) is 23.2 Å². The van der Waals surface area contributed by atoms with Crippen LogP contribution >= 0.6 is 61.8 Å². The van der Waals surface area contributed by atoms with E-state index in [1.54, 1.807) is 29.4 Å². The molecular formula is C11H8BrCl2NOS2. The number of halogens is 3. The van der Waals surface area contributed by atoms with E-state index in [1.807, 2.05) is 11.4 Å². The largest absolute Gasteiger partial charge is 0.336 e. The Labute approximate surface area is 131 Å². The van der Waals surface area contributed by atoms with Gasteiger partial charge in [0.2, 0.25) is 0 Å². The Kier molecular flexibility index (Phi) is 4.72. The van der Waals surface area contributed by atoms with Crippen molar-refractivity contribution in [1.82, 2.24) is 4.90 Å². The van der Waals surface area contributed by atoms with Gasteiger partial charge < -0.3 is 4.90 Å². The molecule has 2 aromatic rings. The summed E-state index contributed by atoms with van der Waals surface area (Å²) in [6.45, 7) is 0.554. The van der Waals surface area contributed by atoms with Gasteiger partial charge in [0.05, 0.1) is 16.4 Å². The van der Waals surface area contributed by atoms with E-state index in [4.69, 9.17) is 23.2 Å². The average Bonchev–Trinajstić information content (AvgIpc) is 2.84. The standard InChI is InChI=1S/C11H8BrCl2NOS2/c1-15(4-7-2-6(12)5-17-7)11(16)8-3-9(13)18-10(8)14/h2-3,5H,4H2,1H3. The smallest absolute Gasteiger partial charge is 0.256 e. The van der Waals surface area contributed by atoms with Crippen molar-refractivity contribution in [2.45, 2.75) is 6.54 Å². The molecule has 2 heterocycles. The van der Waals surface area contributed by atoms with Crippen LogP contribution in [0.1, 0.15) is 15.2 Å². The highest BCUT2D eigenvalue weighted by Gasteiger charge is 2.18. The highest BCUT2D eigenvalue weighted by molar-refractivity contribution is 9.10. The molecule has 0 saturated heterocycles. The zero-order chi connectivity index (χ0) is 13.3. The van der Waals surface area contributed by atoms with Crippen LogP contribution in [0.2, 0.25) is 8.67 Å². The summed E-state index contributed by atoms with van der Waals surface area (Å²) in [6.07, 6.45) is 0. The first-order valence-corrected chi connectivity index (χ1v) is 8.15. The van der Waals surface area contributed by atoms with E-state index < -0.39 is 0 Å². The summed E-state index contributed by atoms with van der Waals surface area (Å²) < 4.78 is 1.99. The first-order chi connectivity index (χ1) is 8.47. The lowest BCUT2D eigenvalue weighted by atomic mass is 10.3. The Morgan fingerprint density at radius 2 is 2.17 bits per heavy atom. The molecule has 7 heteroatoms. The van der Waals surface area contributed by atoms with Gasteiger partial charge in [-0.25, -0.2) is 0 Å². The summed E-state index contributed by atoms with van der Waals surface area (Å²) in [5.74, 6) is -0.118. The number of carbonyl (C=O) groups is 1. The summed E-state index contributed by atoms with van der Waals surface area (Å²) >= 11 is 18.0. The molecule has 0 N–H and O–H groups in total. The van der Waals surface area contributed by atoms with E-state index in [0.717, 1.165) is 9.35 Å². The van der Waals surface area contributed by atoms with Crippen LogP contribution in [-0.4, -0.2) is 17.9 Å². The minimum absolute atomic E-state index is 0.118. The van der Waals surface area contributed by atoms with Gasteiger partial charge in [-0.15, -0.1) is 22.7 Å². The van der Waals surface area contributed by atoms with Gasteiger partial charge in [0.15, 0.2) is 0 Å². The molecule has 0 bridgehead atoms. The Balaban J connectivity index is 2.11. The van der Waals surface area contributed by atoms with E-state index in [2.05, 4.69) is 15.9 Å². The third-order valence-corrected chi connectivity index (χ3v) is 5.42. The maximum absolute atomic E-state index is 12.2. The quantitative estimate of drug-likeness (QED) is 0.716.